The average molecular weight is 205 g/mol. The van der Waals surface area contributed by atoms with Crippen LogP contribution in [0.4, 0.5) is 0 Å². The van der Waals surface area contributed by atoms with E-state index < -0.39 is 0 Å². The van der Waals surface area contributed by atoms with E-state index in [9.17, 15) is 9.59 Å². The molecule has 2 N–H and O–H groups in total. The number of carbonyl (C=O) groups excluding carboxylic acids is 2. The molecule has 0 aromatic heterocycles. The first-order valence-corrected chi connectivity index (χ1v) is 4.61. The first-order valence-electron chi connectivity index (χ1n) is 4.61. The van der Waals surface area contributed by atoms with Gasteiger partial charge in [-0.1, -0.05) is 18.2 Å². The number of hydrogen-bond acceptors (Lipinski definition) is 2. The minimum atomic E-state index is -0.120. The lowest BCUT2D eigenvalue weighted by Gasteiger charge is -2.07. The summed E-state index contributed by atoms with van der Waals surface area (Å²) in [4.78, 5) is 21.5. The van der Waals surface area contributed by atoms with Crippen LogP contribution >= 0.6 is 0 Å². The Morgan fingerprint density at radius 2 is 2.13 bits per heavy atom. The number of amides is 2. The molecule has 0 heterocycles. The van der Waals surface area contributed by atoms with Crippen molar-refractivity contribution in [2.75, 3.05) is 7.05 Å². The maximum atomic E-state index is 11.5. The lowest BCUT2D eigenvalue weighted by atomic mass is 10.0. The summed E-state index contributed by atoms with van der Waals surface area (Å²) in [7, 11) is 1.59. The molecule has 79 valence electrons. The monoisotopic (exact) mass is 205 g/mol. The van der Waals surface area contributed by atoms with E-state index in [1.807, 2.05) is 12.1 Å². The molecule has 15 heavy (non-hydrogen) atoms. The summed E-state index contributed by atoms with van der Waals surface area (Å²) in [6.45, 7) is 1.61. The summed E-state index contributed by atoms with van der Waals surface area (Å²) in [5, 5.41) is 5.01. The van der Waals surface area contributed by atoms with Crippen LogP contribution in [0.15, 0.2) is 24.3 Å². The number of nitrogens with one attached hydrogen (secondary N) is 2. The van der Waals surface area contributed by atoms with Gasteiger partial charge in [0.05, 0.1) is 6.54 Å². The Balaban J connectivity index is 2.76. The summed E-state index contributed by atoms with van der Waals surface area (Å²) in [5.74, 6) is -0.120. The number of benzene rings is 1. The minimum absolute atomic E-state index is 0.120. The van der Waals surface area contributed by atoms with E-state index in [1.54, 1.807) is 25.7 Å². The van der Waals surface area contributed by atoms with Crippen molar-refractivity contribution in [2.45, 2.75) is 6.42 Å². The fraction of sp³-hybridized carbons (Fsp3) is 0.182. The molecule has 1 aromatic carbocycles. The molecule has 0 bridgehead atoms. The number of rotatable bonds is 5. The molecule has 0 fully saturated rings. The fourth-order valence-electron chi connectivity index (χ4n) is 1.27. The first kappa shape index (κ1) is 11.2. The van der Waals surface area contributed by atoms with Crippen LogP contribution < -0.4 is 10.6 Å². The van der Waals surface area contributed by atoms with Gasteiger partial charge >= 0.3 is 0 Å². The van der Waals surface area contributed by atoms with Crippen LogP contribution in [0.3, 0.4) is 0 Å². The van der Waals surface area contributed by atoms with Crippen molar-refractivity contribution in [1.82, 2.24) is 10.6 Å². The standard InChI is InChI=1S/C11H13N2O2/c1-12-11(15)10-5-3-2-4-9(10)6-7-13-8-14/h2-5,7-8H,6H2,1H3,(H,12,15)(H,13,14). The second-order valence-electron chi connectivity index (χ2n) is 2.93. The molecule has 1 radical (unpaired) electrons. The van der Waals surface area contributed by atoms with Crippen molar-refractivity contribution in [1.29, 1.82) is 0 Å². The summed E-state index contributed by atoms with van der Waals surface area (Å²) in [6.07, 6.45) is 1.13. The van der Waals surface area contributed by atoms with Gasteiger partial charge in [0.1, 0.15) is 0 Å². The Morgan fingerprint density at radius 3 is 2.80 bits per heavy atom. The van der Waals surface area contributed by atoms with Crippen LogP contribution in [0.25, 0.3) is 0 Å². The highest BCUT2D eigenvalue weighted by Crippen LogP contribution is 2.09. The summed E-state index contributed by atoms with van der Waals surface area (Å²) in [5.41, 5.74) is 1.51. The van der Waals surface area contributed by atoms with E-state index in [2.05, 4.69) is 10.6 Å². The van der Waals surface area contributed by atoms with Crippen LogP contribution in [0.1, 0.15) is 15.9 Å². The molecule has 0 aliphatic rings. The van der Waals surface area contributed by atoms with Crippen molar-refractivity contribution >= 4 is 12.3 Å². The molecule has 0 saturated heterocycles. The third kappa shape index (κ3) is 3.09. The van der Waals surface area contributed by atoms with Gasteiger partial charge in [-0.2, -0.15) is 0 Å². The molecule has 0 atom stereocenters. The smallest absolute Gasteiger partial charge is 0.251 e. The molecule has 1 rings (SSSR count). The van der Waals surface area contributed by atoms with Crippen molar-refractivity contribution in [2.24, 2.45) is 0 Å². The SMILES string of the molecule is CNC(=O)c1ccccc1C[CH]NC=O. The Bertz CT molecular complexity index is 350. The third-order valence-corrected chi connectivity index (χ3v) is 2.00. The van der Waals surface area contributed by atoms with Gasteiger partial charge in [-0.15, -0.1) is 0 Å². The van der Waals surface area contributed by atoms with Crippen LogP contribution in [-0.2, 0) is 11.2 Å². The zero-order chi connectivity index (χ0) is 11.1. The molecular weight excluding hydrogens is 192 g/mol. The Hall–Kier alpha value is -1.84. The normalized spacial score (nSPS) is 9.40. The lowest BCUT2D eigenvalue weighted by Crippen LogP contribution is -2.20. The van der Waals surface area contributed by atoms with E-state index in [-0.39, 0.29) is 5.91 Å². The van der Waals surface area contributed by atoms with E-state index in [0.29, 0.717) is 18.4 Å². The first-order chi connectivity index (χ1) is 7.29. The molecule has 0 saturated carbocycles. The molecule has 0 spiro atoms. The molecule has 0 aliphatic carbocycles. The highest BCUT2D eigenvalue weighted by molar-refractivity contribution is 5.95. The fourth-order valence-corrected chi connectivity index (χ4v) is 1.27. The third-order valence-electron chi connectivity index (χ3n) is 2.00. The van der Waals surface area contributed by atoms with Gasteiger partial charge in [0.25, 0.3) is 5.91 Å². The molecule has 0 unspecified atom stereocenters. The molecule has 1 aromatic rings. The van der Waals surface area contributed by atoms with Crippen molar-refractivity contribution in [3.05, 3.63) is 41.9 Å². The zero-order valence-electron chi connectivity index (χ0n) is 8.49. The maximum Gasteiger partial charge on any atom is 0.251 e. The summed E-state index contributed by atoms with van der Waals surface area (Å²) in [6, 6.07) is 7.27. The lowest BCUT2D eigenvalue weighted by molar-refractivity contribution is -0.109. The van der Waals surface area contributed by atoms with Crippen LogP contribution in [0, 0.1) is 6.54 Å². The quantitative estimate of drug-likeness (QED) is 0.543. The second-order valence-corrected chi connectivity index (χ2v) is 2.93. The Labute approximate surface area is 88.7 Å². The average Bonchev–Trinajstić information content (AvgIpc) is 2.29. The number of carbonyl (C=O) groups is 2. The van der Waals surface area contributed by atoms with Crippen molar-refractivity contribution in [3.8, 4) is 0 Å². The van der Waals surface area contributed by atoms with Gasteiger partial charge < -0.3 is 10.6 Å². The van der Waals surface area contributed by atoms with Crippen molar-refractivity contribution < 1.29 is 9.59 Å². The van der Waals surface area contributed by atoms with E-state index in [1.165, 1.54) is 0 Å². The van der Waals surface area contributed by atoms with Crippen molar-refractivity contribution in [3.63, 3.8) is 0 Å². The topological polar surface area (TPSA) is 58.2 Å². The Morgan fingerprint density at radius 1 is 1.40 bits per heavy atom. The molecule has 4 nitrogen and oxygen atoms in total. The van der Waals surface area contributed by atoms with Gasteiger partial charge in [-0.05, 0) is 18.1 Å². The van der Waals surface area contributed by atoms with E-state index in [0.717, 1.165) is 5.56 Å². The van der Waals surface area contributed by atoms with Crippen LogP contribution in [-0.4, -0.2) is 19.4 Å². The second kappa shape index (κ2) is 5.80. The Kier molecular flexibility index (Phi) is 4.34. The van der Waals surface area contributed by atoms with Crippen LogP contribution in [0.2, 0.25) is 0 Å². The maximum absolute atomic E-state index is 11.5. The molecule has 4 heteroatoms. The zero-order valence-corrected chi connectivity index (χ0v) is 8.49. The predicted octanol–water partition coefficient (Wildman–Crippen LogP) is 0.496. The highest BCUT2D eigenvalue weighted by Gasteiger charge is 2.07. The number of hydrogen-bond donors (Lipinski definition) is 2. The van der Waals surface area contributed by atoms with Gasteiger partial charge in [-0.25, -0.2) is 0 Å². The largest absolute Gasteiger partial charge is 0.355 e. The predicted molar refractivity (Wildman–Crippen MR) is 57.0 cm³/mol. The highest BCUT2D eigenvalue weighted by atomic mass is 16.1. The molecular formula is C11H13N2O2. The minimum Gasteiger partial charge on any atom is -0.355 e. The van der Waals surface area contributed by atoms with Gasteiger partial charge in [0, 0.05) is 12.6 Å². The van der Waals surface area contributed by atoms with E-state index in [4.69, 9.17) is 0 Å². The molecule has 2 amide bonds. The molecule has 0 aliphatic heterocycles. The van der Waals surface area contributed by atoms with Gasteiger partial charge in [-0.3, -0.25) is 9.59 Å². The van der Waals surface area contributed by atoms with Gasteiger partial charge in [0.2, 0.25) is 6.41 Å². The van der Waals surface area contributed by atoms with Gasteiger partial charge in [0.15, 0.2) is 0 Å². The van der Waals surface area contributed by atoms with Crippen LogP contribution in [0.5, 0.6) is 0 Å². The summed E-state index contributed by atoms with van der Waals surface area (Å²) < 4.78 is 0. The summed E-state index contributed by atoms with van der Waals surface area (Å²) >= 11 is 0. The van der Waals surface area contributed by atoms with E-state index >= 15 is 0 Å².